The van der Waals surface area contributed by atoms with E-state index in [-0.39, 0.29) is 6.54 Å². The second kappa shape index (κ2) is 4.73. The smallest absolute Gasteiger partial charge is 0.187 e. The largest absolute Gasteiger partial charge is 0.503 e. The number of benzene rings is 1. The Balaban J connectivity index is 2.10. The SMILES string of the molecule is Oc1c(F)cc(CNc2cncnc2)cc1F. The van der Waals surface area contributed by atoms with Crippen molar-refractivity contribution in [2.45, 2.75) is 6.54 Å². The molecule has 1 aromatic carbocycles. The maximum atomic E-state index is 13.0. The first-order chi connectivity index (χ1) is 8.16. The van der Waals surface area contributed by atoms with E-state index in [0.717, 1.165) is 12.1 Å². The number of nitrogens with one attached hydrogen (secondary N) is 1. The summed E-state index contributed by atoms with van der Waals surface area (Å²) in [5.41, 5.74) is 1.02. The minimum Gasteiger partial charge on any atom is -0.503 e. The molecule has 2 aromatic rings. The van der Waals surface area contributed by atoms with Gasteiger partial charge in [-0.3, -0.25) is 0 Å². The third-order valence-corrected chi connectivity index (χ3v) is 2.13. The molecular formula is C11H9F2N3O. The van der Waals surface area contributed by atoms with Gasteiger partial charge in [-0.05, 0) is 17.7 Å². The zero-order valence-corrected chi connectivity index (χ0v) is 8.69. The van der Waals surface area contributed by atoms with Gasteiger partial charge in [-0.25, -0.2) is 18.7 Å². The number of rotatable bonds is 3. The fourth-order valence-electron chi connectivity index (χ4n) is 1.31. The minimum absolute atomic E-state index is 0.210. The van der Waals surface area contributed by atoms with E-state index in [9.17, 15) is 8.78 Å². The number of halogens is 2. The second-order valence-corrected chi connectivity index (χ2v) is 3.39. The highest BCUT2D eigenvalue weighted by Crippen LogP contribution is 2.21. The van der Waals surface area contributed by atoms with Gasteiger partial charge in [-0.2, -0.15) is 0 Å². The van der Waals surface area contributed by atoms with Gasteiger partial charge in [0.05, 0.1) is 18.1 Å². The summed E-state index contributed by atoms with van der Waals surface area (Å²) in [6.45, 7) is 0.210. The van der Waals surface area contributed by atoms with Crippen LogP contribution < -0.4 is 5.32 Å². The molecule has 4 nitrogen and oxygen atoms in total. The average molecular weight is 237 g/mol. The van der Waals surface area contributed by atoms with Crippen LogP contribution in [0.5, 0.6) is 5.75 Å². The third-order valence-electron chi connectivity index (χ3n) is 2.13. The topological polar surface area (TPSA) is 58.0 Å². The van der Waals surface area contributed by atoms with Crippen molar-refractivity contribution in [3.63, 3.8) is 0 Å². The molecule has 0 aliphatic heterocycles. The van der Waals surface area contributed by atoms with Crippen LogP contribution in [0.3, 0.4) is 0 Å². The van der Waals surface area contributed by atoms with E-state index in [1.807, 2.05) is 0 Å². The first kappa shape index (κ1) is 11.3. The first-order valence-corrected chi connectivity index (χ1v) is 4.82. The summed E-state index contributed by atoms with van der Waals surface area (Å²) in [7, 11) is 0. The summed E-state index contributed by atoms with van der Waals surface area (Å²) >= 11 is 0. The molecule has 0 saturated carbocycles. The van der Waals surface area contributed by atoms with Crippen molar-refractivity contribution < 1.29 is 13.9 Å². The first-order valence-electron chi connectivity index (χ1n) is 4.82. The van der Waals surface area contributed by atoms with E-state index in [1.165, 1.54) is 6.33 Å². The summed E-state index contributed by atoms with van der Waals surface area (Å²) in [5, 5.41) is 11.8. The Morgan fingerprint density at radius 3 is 2.29 bits per heavy atom. The number of anilines is 1. The lowest BCUT2D eigenvalue weighted by molar-refractivity contribution is 0.395. The van der Waals surface area contributed by atoms with Crippen molar-refractivity contribution in [2.24, 2.45) is 0 Å². The number of nitrogens with zero attached hydrogens (tertiary/aromatic N) is 2. The maximum absolute atomic E-state index is 13.0. The summed E-state index contributed by atoms with van der Waals surface area (Å²) in [4.78, 5) is 7.57. The van der Waals surface area contributed by atoms with Crippen molar-refractivity contribution in [3.8, 4) is 5.75 Å². The Kier molecular flexibility index (Phi) is 3.13. The normalized spacial score (nSPS) is 10.2. The van der Waals surface area contributed by atoms with E-state index in [2.05, 4.69) is 15.3 Å². The van der Waals surface area contributed by atoms with Crippen molar-refractivity contribution in [1.29, 1.82) is 0 Å². The van der Waals surface area contributed by atoms with Crippen LogP contribution in [0.25, 0.3) is 0 Å². The Bertz CT molecular complexity index is 496. The highest BCUT2D eigenvalue weighted by Gasteiger charge is 2.09. The molecule has 0 amide bonds. The van der Waals surface area contributed by atoms with Gasteiger partial charge in [0.1, 0.15) is 6.33 Å². The molecule has 2 N–H and O–H groups in total. The van der Waals surface area contributed by atoms with Gasteiger partial charge in [0, 0.05) is 6.54 Å². The molecule has 0 spiro atoms. The predicted molar refractivity (Wildman–Crippen MR) is 57.4 cm³/mol. The summed E-state index contributed by atoms with van der Waals surface area (Å²) < 4.78 is 26.0. The highest BCUT2D eigenvalue weighted by atomic mass is 19.1. The lowest BCUT2D eigenvalue weighted by Crippen LogP contribution is -2.01. The van der Waals surface area contributed by atoms with Crippen LogP contribution >= 0.6 is 0 Å². The summed E-state index contributed by atoms with van der Waals surface area (Å²) in [5.74, 6) is -2.92. The zero-order valence-electron chi connectivity index (χ0n) is 8.69. The Labute approximate surface area is 96.0 Å². The number of phenols is 1. The maximum Gasteiger partial charge on any atom is 0.187 e. The minimum atomic E-state index is -0.980. The monoisotopic (exact) mass is 237 g/mol. The van der Waals surface area contributed by atoms with Crippen LogP contribution in [-0.2, 0) is 6.54 Å². The second-order valence-electron chi connectivity index (χ2n) is 3.39. The van der Waals surface area contributed by atoms with E-state index >= 15 is 0 Å². The molecule has 0 fully saturated rings. The Morgan fingerprint density at radius 1 is 1.12 bits per heavy atom. The van der Waals surface area contributed by atoms with Gasteiger partial charge in [-0.15, -0.1) is 0 Å². The van der Waals surface area contributed by atoms with Gasteiger partial charge >= 0.3 is 0 Å². The van der Waals surface area contributed by atoms with Crippen LogP contribution in [0.1, 0.15) is 5.56 Å². The number of aromatic hydroxyl groups is 1. The quantitative estimate of drug-likeness (QED) is 0.858. The van der Waals surface area contributed by atoms with Gasteiger partial charge in [0.2, 0.25) is 0 Å². The van der Waals surface area contributed by atoms with Gasteiger partial charge in [0.25, 0.3) is 0 Å². The summed E-state index contributed by atoms with van der Waals surface area (Å²) in [6.07, 6.45) is 4.46. The fraction of sp³-hybridized carbons (Fsp3) is 0.0909. The van der Waals surface area contributed by atoms with Crippen LogP contribution in [0.2, 0.25) is 0 Å². The molecule has 0 unspecified atom stereocenters. The Morgan fingerprint density at radius 2 is 1.71 bits per heavy atom. The number of aromatic nitrogens is 2. The van der Waals surface area contributed by atoms with E-state index in [4.69, 9.17) is 5.11 Å². The molecule has 6 heteroatoms. The van der Waals surface area contributed by atoms with Gasteiger partial charge in [0.15, 0.2) is 17.4 Å². The van der Waals surface area contributed by atoms with Crippen molar-refractivity contribution in [3.05, 3.63) is 48.1 Å². The predicted octanol–water partition coefficient (Wildman–Crippen LogP) is 2.07. The molecule has 0 saturated heterocycles. The fourth-order valence-corrected chi connectivity index (χ4v) is 1.31. The van der Waals surface area contributed by atoms with Crippen molar-refractivity contribution in [1.82, 2.24) is 9.97 Å². The van der Waals surface area contributed by atoms with Crippen LogP contribution in [0, 0.1) is 11.6 Å². The lowest BCUT2D eigenvalue weighted by atomic mass is 10.2. The molecule has 0 radical (unpaired) electrons. The number of phenolic OH excluding ortho intramolecular Hbond substituents is 1. The standard InChI is InChI=1S/C11H9F2N3O/c12-9-1-7(2-10(13)11(9)17)3-16-8-4-14-6-15-5-8/h1-2,4-6,16-17H,3H2. The molecule has 0 aliphatic carbocycles. The number of hydrogen-bond donors (Lipinski definition) is 2. The lowest BCUT2D eigenvalue weighted by Gasteiger charge is -2.06. The highest BCUT2D eigenvalue weighted by molar-refractivity contribution is 5.39. The van der Waals surface area contributed by atoms with E-state index < -0.39 is 17.4 Å². The molecule has 0 bridgehead atoms. The summed E-state index contributed by atoms with van der Waals surface area (Å²) in [6, 6.07) is 2.13. The third kappa shape index (κ3) is 2.66. The molecular weight excluding hydrogens is 228 g/mol. The Hall–Kier alpha value is -2.24. The van der Waals surface area contributed by atoms with Crippen molar-refractivity contribution in [2.75, 3.05) is 5.32 Å². The zero-order chi connectivity index (χ0) is 12.3. The van der Waals surface area contributed by atoms with Crippen LogP contribution in [0.4, 0.5) is 14.5 Å². The average Bonchev–Trinajstić information content (AvgIpc) is 2.34. The van der Waals surface area contributed by atoms with E-state index in [1.54, 1.807) is 12.4 Å². The van der Waals surface area contributed by atoms with E-state index in [0.29, 0.717) is 11.3 Å². The molecule has 1 heterocycles. The van der Waals surface area contributed by atoms with Crippen LogP contribution in [-0.4, -0.2) is 15.1 Å². The molecule has 0 aliphatic rings. The number of hydrogen-bond acceptors (Lipinski definition) is 4. The van der Waals surface area contributed by atoms with Gasteiger partial charge < -0.3 is 10.4 Å². The van der Waals surface area contributed by atoms with Gasteiger partial charge in [-0.1, -0.05) is 0 Å². The molecule has 88 valence electrons. The molecule has 0 atom stereocenters. The van der Waals surface area contributed by atoms with Crippen LogP contribution in [0.15, 0.2) is 30.9 Å². The molecule has 2 rings (SSSR count). The molecule has 1 aromatic heterocycles. The molecule has 17 heavy (non-hydrogen) atoms. The van der Waals surface area contributed by atoms with Crippen molar-refractivity contribution >= 4 is 5.69 Å².